The van der Waals surface area contributed by atoms with Crippen molar-refractivity contribution >= 4 is 29.2 Å². The average Bonchev–Trinajstić information content (AvgIpc) is 2.62. The second-order valence-corrected chi connectivity index (χ2v) is 7.54. The van der Waals surface area contributed by atoms with E-state index in [9.17, 15) is 4.79 Å². The Morgan fingerprint density at radius 3 is 2.52 bits per heavy atom. The Morgan fingerprint density at radius 1 is 1.33 bits per heavy atom. The zero-order chi connectivity index (χ0) is 20.4. The fourth-order valence-corrected chi connectivity index (χ4v) is 2.70. The van der Waals surface area contributed by atoms with Crippen LogP contribution in [0.2, 0.25) is 0 Å². The second-order valence-electron chi connectivity index (χ2n) is 7.13. The quantitative estimate of drug-likeness (QED) is 0.513. The average molecular weight is 402 g/mol. The molecule has 0 atom stereocenters. The molecule has 0 saturated carbocycles. The van der Waals surface area contributed by atoms with Crippen LogP contribution >= 0.6 is 12.2 Å². The third-order valence-electron chi connectivity index (χ3n) is 3.79. The van der Waals surface area contributed by atoms with Gasteiger partial charge in [0.25, 0.3) is 0 Å². The van der Waals surface area contributed by atoms with Crippen LogP contribution in [0.5, 0.6) is 0 Å². The standard InChI is InChI=1S/C17H27N5O2S.C2H6.3H2/c1-12-6-5-9-18-14(12)20-21-15(25)19-13-7-10-22(11-8-13)16(23)24-17(2,3)4;1-2;;;/h5-6,9,13H,7-8,10-11H2,1-4H3,(H,18,20)(H2,19,21,25);1-2H3;3*1H. The summed E-state index contributed by atoms with van der Waals surface area (Å²) < 4.78 is 5.40. The van der Waals surface area contributed by atoms with Crippen LogP contribution in [0.25, 0.3) is 0 Å². The number of hydrazine groups is 1. The summed E-state index contributed by atoms with van der Waals surface area (Å²) in [6.45, 7) is 12.9. The second kappa shape index (κ2) is 10.9. The fourth-order valence-electron chi connectivity index (χ4n) is 2.49. The molecule has 0 aliphatic carbocycles. The number of likely N-dealkylation sites (tertiary alicyclic amines) is 1. The minimum atomic E-state index is -0.465. The highest BCUT2D eigenvalue weighted by Gasteiger charge is 2.27. The summed E-state index contributed by atoms with van der Waals surface area (Å²) >= 11 is 5.31. The van der Waals surface area contributed by atoms with Crippen molar-refractivity contribution in [1.82, 2.24) is 20.6 Å². The van der Waals surface area contributed by atoms with Gasteiger partial charge in [-0.2, -0.15) is 0 Å². The number of aromatic nitrogens is 1. The molecule has 3 N–H and O–H groups in total. The zero-order valence-corrected chi connectivity index (χ0v) is 18.1. The molecule has 7 nitrogen and oxygen atoms in total. The normalized spacial score (nSPS) is 14.5. The molecule has 0 spiro atoms. The zero-order valence-electron chi connectivity index (χ0n) is 17.3. The van der Waals surface area contributed by atoms with Gasteiger partial charge in [0.2, 0.25) is 0 Å². The number of hydrogen-bond acceptors (Lipinski definition) is 5. The van der Waals surface area contributed by atoms with Crippen molar-refractivity contribution < 1.29 is 13.8 Å². The molecule has 0 unspecified atom stereocenters. The van der Waals surface area contributed by atoms with E-state index in [-0.39, 0.29) is 16.4 Å². The van der Waals surface area contributed by atoms with Gasteiger partial charge in [0.05, 0.1) is 0 Å². The maximum absolute atomic E-state index is 12.1. The maximum atomic E-state index is 12.1. The van der Waals surface area contributed by atoms with E-state index in [1.807, 2.05) is 53.7 Å². The molecule has 0 bridgehead atoms. The Morgan fingerprint density at radius 2 is 1.96 bits per heavy atom. The summed E-state index contributed by atoms with van der Waals surface area (Å²) in [5.41, 5.74) is 6.53. The van der Waals surface area contributed by atoms with Crippen LogP contribution < -0.4 is 16.2 Å². The smallest absolute Gasteiger partial charge is 0.410 e. The lowest BCUT2D eigenvalue weighted by Gasteiger charge is -2.34. The van der Waals surface area contributed by atoms with Crippen LogP contribution in [0, 0.1) is 6.92 Å². The number of piperidine rings is 1. The summed E-state index contributed by atoms with van der Waals surface area (Å²) in [6, 6.07) is 4.08. The first-order valence-corrected chi connectivity index (χ1v) is 9.87. The summed E-state index contributed by atoms with van der Waals surface area (Å²) in [4.78, 5) is 18.0. The van der Waals surface area contributed by atoms with Gasteiger partial charge >= 0.3 is 6.09 Å². The third kappa shape index (κ3) is 8.43. The lowest BCUT2D eigenvalue weighted by molar-refractivity contribution is 0.0203. The van der Waals surface area contributed by atoms with Crippen LogP contribution in [0.3, 0.4) is 0 Å². The molecule has 1 aromatic heterocycles. The van der Waals surface area contributed by atoms with Crippen molar-refractivity contribution in [1.29, 1.82) is 0 Å². The van der Waals surface area contributed by atoms with Crippen LogP contribution in [0.1, 0.15) is 57.3 Å². The van der Waals surface area contributed by atoms with E-state index in [0.717, 1.165) is 24.2 Å². The van der Waals surface area contributed by atoms with Gasteiger partial charge in [0, 0.05) is 29.6 Å². The minimum absolute atomic E-state index is 0. The predicted octanol–water partition coefficient (Wildman–Crippen LogP) is 4.34. The largest absolute Gasteiger partial charge is 0.444 e. The molecule has 27 heavy (non-hydrogen) atoms. The molecule has 0 aromatic carbocycles. The lowest BCUT2D eigenvalue weighted by atomic mass is 10.1. The Kier molecular flexibility index (Phi) is 9.28. The number of nitrogens with one attached hydrogen (secondary N) is 3. The number of pyridine rings is 1. The van der Waals surface area contributed by atoms with Crippen LogP contribution in [-0.2, 0) is 4.74 Å². The first-order chi connectivity index (χ1) is 12.7. The Bertz CT molecular complexity index is 624. The highest BCUT2D eigenvalue weighted by Crippen LogP contribution is 2.15. The predicted molar refractivity (Wildman–Crippen MR) is 120 cm³/mol. The van der Waals surface area contributed by atoms with Crippen molar-refractivity contribution in [2.24, 2.45) is 0 Å². The molecular weight excluding hydrogens is 362 g/mol. The number of rotatable bonds is 3. The molecule has 1 amide bonds. The van der Waals surface area contributed by atoms with Gasteiger partial charge in [-0.15, -0.1) is 0 Å². The SMILES string of the molecule is CC.Cc1cccnc1NNC(=S)NC1CCN(C(=O)OC(C)(C)C)CC1.[HH].[HH].[HH]. The van der Waals surface area contributed by atoms with Crippen molar-refractivity contribution in [2.75, 3.05) is 18.5 Å². The molecule has 2 rings (SSSR count). The van der Waals surface area contributed by atoms with Gasteiger partial charge in [-0.3, -0.25) is 10.9 Å². The topological polar surface area (TPSA) is 78.5 Å². The molecule has 0 radical (unpaired) electrons. The molecule has 1 aliphatic rings. The number of carbonyl (C=O) groups excluding carboxylic acids is 1. The fraction of sp³-hybridized carbons (Fsp3) is 0.632. The molecule has 1 fully saturated rings. The van der Waals surface area contributed by atoms with Crippen molar-refractivity contribution in [3.05, 3.63) is 23.9 Å². The molecule has 8 heteroatoms. The van der Waals surface area contributed by atoms with Crippen molar-refractivity contribution in [3.8, 4) is 0 Å². The first-order valence-electron chi connectivity index (χ1n) is 9.46. The summed E-state index contributed by atoms with van der Waals surface area (Å²) in [5.74, 6) is 0.742. The highest BCUT2D eigenvalue weighted by atomic mass is 32.1. The van der Waals surface area contributed by atoms with Crippen LogP contribution in [-0.4, -0.2) is 45.8 Å². The van der Waals surface area contributed by atoms with Crippen molar-refractivity contribution in [2.45, 2.75) is 66.0 Å². The monoisotopic (exact) mass is 401 g/mol. The summed E-state index contributed by atoms with van der Waals surface area (Å²) in [5, 5.41) is 3.78. The molecule has 158 valence electrons. The van der Waals surface area contributed by atoms with E-state index in [0.29, 0.717) is 18.2 Å². The molecule has 1 saturated heterocycles. The summed E-state index contributed by atoms with van der Waals surface area (Å²) in [6.07, 6.45) is 3.12. The molecule has 2 heterocycles. The van der Waals surface area contributed by atoms with E-state index < -0.39 is 5.60 Å². The van der Waals surface area contributed by atoms with Gasteiger partial charge < -0.3 is 15.0 Å². The Labute approximate surface area is 172 Å². The lowest BCUT2D eigenvalue weighted by Crippen LogP contribution is -2.50. The van der Waals surface area contributed by atoms with Gasteiger partial charge in [-0.1, -0.05) is 19.9 Å². The Balaban J connectivity index is -0.00000141. The molecule has 1 aliphatic heterocycles. The van der Waals surface area contributed by atoms with Gasteiger partial charge in [0.1, 0.15) is 11.4 Å². The number of thiocarbonyl (C=S) groups is 1. The van der Waals surface area contributed by atoms with Gasteiger partial charge in [0.15, 0.2) is 5.11 Å². The molecular formula is C19H39N5O2S. The van der Waals surface area contributed by atoms with Crippen LogP contribution in [0.4, 0.5) is 10.6 Å². The van der Waals surface area contributed by atoms with Crippen molar-refractivity contribution in [3.63, 3.8) is 0 Å². The number of carbonyl (C=O) groups is 1. The summed E-state index contributed by atoms with van der Waals surface area (Å²) in [7, 11) is 0. The Hall–Kier alpha value is -2.09. The number of nitrogens with zero attached hydrogens (tertiary/aromatic N) is 2. The van der Waals surface area contributed by atoms with E-state index in [1.54, 1.807) is 11.1 Å². The number of amides is 1. The number of ether oxygens (including phenoxy) is 1. The first kappa shape index (κ1) is 23.0. The minimum Gasteiger partial charge on any atom is -0.444 e. The van der Waals surface area contributed by atoms with Crippen LogP contribution in [0.15, 0.2) is 18.3 Å². The van der Waals surface area contributed by atoms with E-state index in [4.69, 9.17) is 17.0 Å². The number of aryl methyl sites for hydroxylation is 1. The van der Waals surface area contributed by atoms with E-state index >= 15 is 0 Å². The number of anilines is 1. The van der Waals surface area contributed by atoms with E-state index in [1.165, 1.54) is 0 Å². The van der Waals surface area contributed by atoms with Gasteiger partial charge in [-0.05, 0) is 64.4 Å². The van der Waals surface area contributed by atoms with E-state index in [2.05, 4.69) is 21.2 Å². The highest BCUT2D eigenvalue weighted by molar-refractivity contribution is 7.80. The maximum Gasteiger partial charge on any atom is 0.410 e. The molecule has 1 aromatic rings. The van der Waals surface area contributed by atoms with Gasteiger partial charge in [-0.25, -0.2) is 9.78 Å². The number of hydrogen-bond donors (Lipinski definition) is 3. The third-order valence-corrected chi connectivity index (χ3v) is 4.01.